The average Bonchev–Trinajstić information content (AvgIpc) is 2.38. The lowest BCUT2D eigenvalue weighted by molar-refractivity contribution is -0.137. The van der Waals surface area contributed by atoms with Crippen molar-refractivity contribution >= 4 is 15.5 Å². The van der Waals surface area contributed by atoms with Crippen LogP contribution in [-0.4, -0.2) is 13.7 Å². The van der Waals surface area contributed by atoms with Crippen LogP contribution in [0.2, 0.25) is 0 Å². The molecule has 20 heavy (non-hydrogen) atoms. The zero-order valence-electron chi connectivity index (χ0n) is 10.8. The average molecular weight is 307 g/mol. The summed E-state index contributed by atoms with van der Waals surface area (Å²) in [7, 11) is -3.65. The first-order chi connectivity index (χ1) is 9.23. The zero-order chi connectivity index (χ0) is 15.0. The molecule has 0 bridgehead atoms. The van der Waals surface area contributed by atoms with Crippen molar-refractivity contribution in [2.24, 2.45) is 0 Å². The van der Waals surface area contributed by atoms with E-state index in [0.29, 0.717) is 18.9 Å². The molecule has 0 radical (unpaired) electrons. The molecule has 1 aromatic carbocycles. The van der Waals surface area contributed by atoms with Gasteiger partial charge in [-0.05, 0) is 31.0 Å². The second-order valence-corrected chi connectivity index (χ2v) is 7.25. The molecule has 0 amide bonds. The third-order valence-corrected chi connectivity index (χ3v) is 5.97. The van der Waals surface area contributed by atoms with Gasteiger partial charge in [0.05, 0.1) is 21.4 Å². The smallest absolute Gasteiger partial charge is 0.398 e. The summed E-state index contributed by atoms with van der Waals surface area (Å²) >= 11 is 0. The molecule has 2 rings (SSSR count). The molecule has 1 saturated carbocycles. The maximum Gasteiger partial charge on any atom is 0.416 e. The maximum atomic E-state index is 12.5. The largest absolute Gasteiger partial charge is 0.416 e. The van der Waals surface area contributed by atoms with Crippen LogP contribution in [0.1, 0.15) is 37.7 Å². The van der Waals surface area contributed by atoms with E-state index in [4.69, 9.17) is 5.73 Å². The molecule has 1 fully saturated rings. The Hall–Kier alpha value is -1.24. The highest BCUT2D eigenvalue weighted by molar-refractivity contribution is 7.92. The number of nitrogen functional groups attached to an aromatic ring is 1. The number of nitrogens with two attached hydrogens (primary N) is 1. The van der Waals surface area contributed by atoms with Crippen molar-refractivity contribution in [3.8, 4) is 0 Å². The van der Waals surface area contributed by atoms with Crippen LogP contribution >= 0.6 is 0 Å². The van der Waals surface area contributed by atoms with Crippen LogP contribution in [0.3, 0.4) is 0 Å². The van der Waals surface area contributed by atoms with Gasteiger partial charge in [-0.1, -0.05) is 19.3 Å². The molecule has 1 aliphatic rings. The first-order valence-electron chi connectivity index (χ1n) is 6.43. The van der Waals surface area contributed by atoms with E-state index in [9.17, 15) is 21.6 Å². The number of sulfone groups is 1. The normalized spacial score (nSPS) is 18.1. The number of halogens is 3. The number of rotatable bonds is 2. The summed E-state index contributed by atoms with van der Waals surface area (Å²) in [5.41, 5.74) is 4.27. The molecule has 0 heterocycles. The number of hydrogen-bond donors (Lipinski definition) is 1. The SMILES string of the molecule is Nc1cc(C(F)(F)F)ccc1S(=O)(=O)C1CCCCC1. The maximum absolute atomic E-state index is 12.5. The van der Waals surface area contributed by atoms with Gasteiger partial charge in [-0.15, -0.1) is 0 Å². The van der Waals surface area contributed by atoms with Gasteiger partial charge in [0.2, 0.25) is 0 Å². The van der Waals surface area contributed by atoms with E-state index >= 15 is 0 Å². The Kier molecular flexibility index (Phi) is 4.00. The Balaban J connectivity index is 2.37. The molecule has 0 spiro atoms. The molecule has 0 unspecified atom stereocenters. The fourth-order valence-electron chi connectivity index (χ4n) is 2.54. The molecule has 112 valence electrons. The van der Waals surface area contributed by atoms with E-state index in [0.717, 1.165) is 31.4 Å². The minimum atomic E-state index is -4.53. The summed E-state index contributed by atoms with van der Waals surface area (Å²) in [6, 6.07) is 2.43. The topological polar surface area (TPSA) is 60.2 Å². The van der Waals surface area contributed by atoms with Gasteiger partial charge in [0.1, 0.15) is 0 Å². The second-order valence-electron chi connectivity index (χ2n) is 5.06. The molecule has 3 nitrogen and oxygen atoms in total. The van der Waals surface area contributed by atoms with Crippen LogP contribution in [-0.2, 0) is 16.0 Å². The van der Waals surface area contributed by atoms with Gasteiger partial charge >= 0.3 is 6.18 Å². The van der Waals surface area contributed by atoms with Crippen molar-refractivity contribution < 1.29 is 21.6 Å². The molecule has 0 aromatic heterocycles. The van der Waals surface area contributed by atoms with Gasteiger partial charge in [0, 0.05) is 0 Å². The highest BCUT2D eigenvalue weighted by Crippen LogP contribution is 2.35. The van der Waals surface area contributed by atoms with Crippen molar-refractivity contribution in [1.29, 1.82) is 0 Å². The quantitative estimate of drug-likeness (QED) is 0.852. The van der Waals surface area contributed by atoms with Crippen molar-refractivity contribution in [2.75, 3.05) is 5.73 Å². The molecule has 0 saturated heterocycles. The van der Waals surface area contributed by atoms with Gasteiger partial charge in [0.15, 0.2) is 9.84 Å². The predicted molar refractivity (Wildman–Crippen MR) is 69.9 cm³/mol. The first kappa shape index (κ1) is 15.2. The van der Waals surface area contributed by atoms with Crippen LogP contribution in [0.15, 0.2) is 23.1 Å². The Morgan fingerprint density at radius 2 is 1.70 bits per heavy atom. The van der Waals surface area contributed by atoms with Gasteiger partial charge in [-0.2, -0.15) is 13.2 Å². The predicted octanol–water partition coefficient (Wildman–Crippen LogP) is 3.39. The Bertz CT molecular complexity index is 590. The summed E-state index contributed by atoms with van der Waals surface area (Å²) in [5.74, 6) is 0. The van der Waals surface area contributed by atoms with E-state index in [1.165, 1.54) is 0 Å². The van der Waals surface area contributed by atoms with Crippen LogP contribution < -0.4 is 5.73 Å². The Morgan fingerprint density at radius 1 is 1.10 bits per heavy atom. The molecule has 0 aliphatic heterocycles. The molecular formula is C13H16F3NO2S. The molecule has 0 atom stereocenters. The Labute approximate surface area is 115 Å². The van der Waals surface area contributed by atoms with Crippen molar-refractivity contribution in [3.63, 3.8) is 0 Å². The zero-order valence-corrected chi connectivity index (χ0v) is 11.6. The summed E-state index contributed by atoms with van der Waals surface area (Å²) in [6.07, 6.45) is -0.795. The standard InChI is InChI=1S/C13H16F3NO2S/c14-13(15,16)9-6-7-12(11(17)8-9)20(18,19)10-4-2-1-3-5-10/h6-8,10H,1-5,17H2. The lowest BCUT2D eigenvalue weighted by Crippen LogP contribution is -2.25. The van der Waals surface area contributed by atoms with E-state index in [-0.39, 0.29) is 10.6 Å². The Morgan fingerprint density at radius 3 is 2.20 bits per heavy atom. The summed E-state index contributed by atoms with van der Waals surface area (Å²) < 4.78 is 62.5. The molecule has 7 heteroatoms. The molecule has 1 aliphatic carbocycles. The molecule has 2 N–H and O–H groups in total. The van der Waals surface area contributed by atoms with Gasteiger partial charge in [0.25, 0.3) is 0 Å². The summed E-state index contributed by atoms with van der Waals surface area (Å²) in [5, 5.41) is -0.532. The fourth-order valence-corrected chi connectivity index (χ4v) is 4.50. The number of benzene rings is 1. The van der Waals surface area contributed by atoms with Crippen LogP contribution in [0.5, 0.6) is 0 Å². The van der Waals surface area contributed by atoms with Crippen LogP contribution in [0.4, 0.5) is 18.9 Å². The fraction of sp³-hybridized carbons (Fsp3) is 0.538. The van der Waals surface area contributed by atoms with Crippen molar-refractivity contribution in [2.45, 2.75) is 48.4 Å². The van der Waals surface area contributed by atoms with Crippen molar-refractivity contribution in [3.05, 3.63) is 23.8 Å². The second kappa shape index (κ2) is 5.27. The third-order valence-electron chi connectivity index (χ3n) is 3.63. The van der Waals surface area contributed by atoms with E-state index in [1.54, 1.807) is 0 Å². The van der Waals surface area contributed by atoms with Gasteiger partial charge in [-0.25, -0.2) is 8.42 Å². The van der Waals surface area contributed by atoms with Gasteiger partial charge < -0.3 is 5.73 Å². The van der Waals surface area contributed by atoms with Gasteiger partial charge in [-0.3, -0.25) is 0 Å². The highest BCUT2D eigenvalue weighted by atomic mass is 32.2. The first-order valence-corrected chi connectivity index (χ1v) is 7.98. The molecular weight excluding hydrogens is 291 g/mol. The minimum absolute atomic E-state index is 0.183. The monoisotopic (exact) mass is 307 g/mol. The minimum Gasteiger partial charge on any atom is -0.398 e. The summed E-state index contributed by atoms with van der Waals surface area (Å²) in [4.78, 5) is -0.183. The number of anilines is 1. The number of hydrogen-bond acceptors (Lipinski definition) is 3. The van der Waals surface area contributed by atoms with E-state index < -0.39 is 26.8 Å². The van der Waals surface area contributed by atoms with Crippen LogP contribution in [0, 0.1) is 0 Å². The van der Waals surface area contributed by atoms with E-state index in [1.807, 2.05) is 0 Å². The van der Waals surface area contributed by atoms with Crippen LogP contribution in [0.25, 0.3) is 0 Å². The van der Waals surface area contributed by atoms with Crippen molar-refractivity contribution in [1.82, 2.24) is 0 Å². The highest BCUT2D eigenvalue weighted by Gasteiger charge is 2.34. The lowest BCUT2D eigenvalue weighted by atomic mass is 10.0. The van der Waals surface area contributed by atoms with E-state index in [2.05, 4.69) is 0 Å². The third kappa shape index (κ3) is 2.92. The number of alkyl halides is 3. The molecule has 1 aromatic rings. The lowest BCUT2D eigenvalue weighted by Gasteiger charge is -2.22. The summed E-state index contributed by atoms with van der Waals surface area (Å²) in [6.45, 7) is 0.